The molecule has 1 unspecified atom stereocenters. The fraction of sp³-hybridized carbons (Fsp3) is 0.455. The number of nitrogens with one attached hydrogen (secondary N) is 3. The summed E-state index contributed by atoms with van der Waals surface area (Å²) in [5.41, 5.74) is 1.15. The number of carbonyl (C=O) groups is 1. The molecule has 1 saturated heterocycles. The average molecular weight is 541 g/mol. The number of methoxy groups -OCH3 is 1. The van der Waals surface area contributed by atoms with Crippen LogP contribution in [0.1, 0.15) is 30.2 Å². The molecule has 1 aromatic heterocycles. The smallest absolute Gasteiger partial charge is 0.239 e. The van der Waals surface area contributed by atoms with E-state index < -0.39 is 0 Å². The first-order valence-corrected chi connectivity index (χ1v) is 10.3. The monoisotopic (exact) mass is 541 g/mol. The highest BCUT2D eigenvalue weighted by Crippen LogP contribution is 2.31. The normalized spacial score (nSPS) is 15.1. The van der Waals surface area contributed by atoms with Crippen LogP contribution in [0.4, 0.5) is 0 Å². The maximum absolute atomic E-state index is 12.1. The molecular formula is C22H32IN5O3. The summed E-state index contributed by atoms with van der Waals surface area (Å²) in [6, 6.07) is 11.9. The molecule has 9 heteroatoms. The van der Waals surface area contributed by atoms with Crippen LogP contribution >= 0.6 is 24.0 Å². The highest BCUT2D eigenvalue weighted by atomic mass is 127. The Morgan fingerprint density at radius 1 is 1.16 bits per heavy atom. The molecule has 170 valence electrons. The van der Waals surface area contributed by atoms with Gasteiger partial charge in [-0.1, -0.05) is 18.2 Å². The number of nitrogens with zero attached hydrogens (tertiary/aromatic N) is 2. The molecule has 8 nitrogen and oxygen atoms in total. The van der Waals surface area contributed by atoms with Gasteiger partial charge >= 0.3 is 0 Å². The van der Waals surface area contributed by atoms with Crippen molar-refractivity contribution >= 4 is 35.8 Å². The molecule has 1 atom stereocenters. The van der Waals surface area contributed by atoms with Gasteiger partial charge in [0.15, 0.2) is 5.96 Å². The molecule has 1 aliphatic rings. The molecule has 31 heavy (non-hydrogen) atoms. The van der Waals surface area contributed by atoms with E-state index in [2.05, 4.69) is 31.9 Å². The standard InChI is InChI=1S/C22H31N5O3.HI/c1-23-22(26-16-21(28)24-14-17-8-7-13-30-17)25-15-19(27-11-5-6-12-27)18-9-3-4-10-20(18)29-2;/h3-4,7-10,13,19H,5-6,11-12,14-16H2,1-2H3,(H,24,28)(H2,23,25,26);1H. The van der Waals surface area contributed by atoms with Gasteiger partial charge in [0, 0.05) is 19.2 Å². The number of carbonyl (C=O) groups excluding carboxylic acids is 1. The second-order valence-corrected chi connectivity index (χ2v) is 7.16. The van der Waals surface area contributed by atoms with E-state index in [1.807, 2.05) is 24.3 Å². The Kier molecular flexibility index (Phi) is 10.6. The van der Waals surface area contributed by atoms with Gasteiger partial charge in [-0.05, 0) is 44.1 Å². The summed E-state index contributed by atoms with van der Waals surface area (Å²) in [5.74, 6) is 2.06. The van der Waals surface area contributed by atoms with Gasteiger partial charge in [0.1, 0.15) is 11.5 Å². The Balaban J connectivity index is 0.00000341. The zero-order valence-electron chi connectivity index (χ0n) is 18.1. The quantitative estimate of drug-likeness (QED) is 0.257. The van der Waals surface area contributed by atoms with Crippen molar-refractivity contribution in [2.75, 3.05) is 40.3 Å². The number of ether oxygens (including phenoxy) is 1. The van der Waals surface area contributed by atoms with Gasteiger partial charge in [0.05, 0.1) is 32.5 Å². The van der Waals surface area contributed by atoms with Crippen LogP contribution in [0.5, 0.6) is 5.75 Å². The fourth-order valence-corrected chi connectivity index (χ4v) is 3.67. The minimum absolute atomic E-state index is 0. The van der Waals surface area contributed by atoms with Crippen LogP contribution in [0.2, 0.25) is 0 Å². The lowest BCUT2D eigenvalue weighted by molar-refractivity contribution is -0.120. The number of furan rings is 1. The molecule has 2 aromatic rings. The molecule has 0 spiro atoms. The van der Waals surface area contributed by atoms with Crippen LogP contribution in [0.25, 0.3) is 0 Å². The number of amides is 1. The Labute approximate surface area is 200 Å². The zero-order valence-corrected chi connectivity index (χ0v) is 20.4. The van der Waals surface area contributed by atoms with Crippen molar-refractivity contribution in [1.29, 1.82) is 0 Å². The SMILES string of the molecule is CN=C(NCC(=O)NCc1ccco1)NCC(c1ccccc1OC)N1CCCC1.I. The zero-order chi connectivity index (χ0) is 21.2. The minimum Gasteiger partial charge on any atom is -0.496 e. The molecule has 1 amide bonds. The summed E-state index contributed by atoms with van der Waals surface area (Å²) in [7, 11) is 3.40. The number of rotatable bonds is 9. The highest BCUT2D eigenvalue weighted by molar-refractivity contribution is 14.0. The molecule has 3 rings (SSSR count). The minimum atomic E-state index is -0.129. The summed E-state index contributed by atoms with van der Waals surface area (Å²) in [5, 5.41) is 9.25. The van der Waals surface area contributed by atoms with Crippen molar-refractivity contribution in [2.24, 2.45) is 4.99 Å². The molecule has 1 aromatic carbocycles. The van der Waals surface area contributed by atoms with Crippen molar-refractivity contribution in [2.45, 2.75) is 25.4 Å². The van der Waals surface area contributed by atoms with Crippen molar-refractivity contribution in [3.05, 3.63) is 54.0 Å². The van der Waals surface area contributed by atoms with E-state index in [0.717, 1.165) is 30.2 Å². The van der Waals surface area contributed by atoms with Crippen LogP contribution in [0, 0.1) is 0 Å². The molecular weight excluding hydrogens is 509 g/mol. The Hall–Kier alpha value is -2.27. The summed E-state index contributed by atoms with van der Waals surface area (Å²) < 4.78 is 10.8. The first-order valence-electron chi connectivity index (χ1n) is 10.3. The third kappa shape index (κ3) is 7.42. The fourth-order valence-electron chi connectivity index (χ4n) is 3.67. The average Bonchev–Trinajstić information content (AvgIpc) is 3.49. The Morgan fingerprint density at radius 2 is 1.94 bits per heavy atom. The number of para-hydroxylation sites is 1. The van der Waals surface area contributed by atoms with Crippen LogP contribution in [0.15, 0.2) is 52.1 Å². The van der Waals surface area contributed by atoms with E-state index in [9.17, 15) is 4.79 Å². The van der Waals surface area contributed by atoms with E-state index in [1.54, 1.807) is 26.5 Å². The van der Waals surface area contributed by atoms with Gasteiger partial charge in [-0.25, -0.2) is 0 Å². The number of hydrogen-bond acceptors (Lipinski definition) is 5. The van der Waals surface area contributed by atoms with Gasteiger partial charge in [0.2, 0.25) is 5.91 Å². The maximum atomic E-state index is 12.1. The van der Waals surface area contributed by atoms with Crippen LogP contribution in [-0.4, -0.2) is 57.1 Å². The van der Waals surface area contributed by atoms with Gasteiger partial charge in [-0.2, -0.15) is 0 Å². The lowest BCUT2D eigenvalue weighted by Crippen LogP contribution is -2.45. The van der Waals surface area contributed by atoms with E-state index >= 15 is 0 Å². The third-order valence-electron chi connectivity index (χ3n) is 5.22. The molecule has 0 bridgehead atoms. The first kappa shape index (κ1) is 25.0. The topological polar surface area (TPSA) is 91.1 Å². The number of likely N-dealkylation sites (tertiary alicyclic amines) is 1. The molecule has 0 saturated carbocycles. The number of aliphatic imine (C=N–C) groups is 1. The van der Waals surface area contributed by atoms with Gasteiger partial charge < -0.3 is 25.1 Å². The molecule has 0 radical (unpaired) electrons. The Morgan fingerprint density at radius 3 is 2.61 bits per heavy atom. The first-order chi connectivity index (χ1) is 14.7. The summed E-state index contributed by atoms with van der Waals surface area (Å²) in [6.45, 7) is 3.28. The predicted molar refractivity (Wildman–Crippen MR) is 132 cm³/mol. The number of guanidine groups is 1. The molecule has 3 N–H and O–H groups in total. The predicted octanol–water partition coefficient (Wildman–Crippen LogP) is 2.52. The van der Waals surface area contributed by atoms with Crippen LogP contribution in [0.3, 0.4) is 0 Å². The number of benzene rings is 1. The lowest BCUT2D eigenvalue weighted by atomic mass is 10.0. The van der Waals surface area contributed by atoms with E-state index in [0.29, 0.717) is 19.0 Å². The third-order valence-corrected chi connectivity index (χ3v) is 5.22. The van der Waals surface area contributed by atoms with Crippen molar-refractivity contribution in [3.63, 3.8) is 0 Å². The van der Waals surface area contributed by atoms with Gasteiger partial charge in [0.25, 0.3) is 0 Å². The van der Waals surface area contributed by atoms with E-state index in [-0.39, 0.29) is 42.5 Å². The van der Waals surface area contributed by atoms with Crippen molar-refractivity contribution < 1.29 is 13.9 Å². The molecule has 0 aliphatic carbocycles. The maximum Gasteiger partial charge on any atom is 0.239 e. The van der Waals surface area contributed by atoms with Crippen molar-refractivity contribution in [1.82, 2.24) is 20.9 Å². The van der Waals surface area contributed by atoms with Crippen LogP contribution in [-0.2, 0) is 11.3 Å². The number of hydrogen-bond donors (Lipinski definition) is 3. The lowest BCUT2D eigenvalue weighted by Gasteiger charge is -2.30. The van der Waals surface area contributed by atoms with E-state index in [4.69, 9.17) is 9.15 Å². The Bertz CT molecular complexity index is 822. The molecule has 1 fully saturated rings. The summed E-state index contributed by atoms with van der Waals surface area (Å²) in [6.07, 6.45) is 3.99. The highest BCUT2D eigenvalue weighted by Gasteiger charge is 2.26. The number of halogens is 1. The second kappa shape index (κ2) is 13.2. The molecule has 1 aliphatic heterocycles. The van der Waals surface area contributed by atoms with Gasteiger partial charge in [-0.15, -0.1) is 24.0 Å². The van der Waals surface area contributed by atoms with Crippen LogP contribution < -0.4 is 20.7 Å². The van der Waals surface area contributed by atoms with E-state index in [1.165, 1.54) is 12.8 Å². The van der Waals surface area contributed by atoms with Gasteiger partial charge in [-0.3, -0.25) is 14.7 Å². The summed E-state index contributed by atoms with van der Waals surface area (Å²) >= 11 is 0. The largest absolute Gasteiger partial charge is 0.496 e. The van der Waals surface area contributed by atoms with Crippen molar-refractivity contribution in [3.8, 4) is 5.75 Å². The second-order valence-electron chi connectivity index (χ2n) is 7.16. The molecule has 2 heterocycles. The summed E-state index contributed by atoms with van der Waals surface area (Å²) in [4.78, 5) is 18.8.